The van der Waals surface area contributed by atoms with Crippen molar-refractivity contribution in [3.63, 3.8) is 0 Å². The highest BCUT2D eigenvalue weighted by molar-refractivity contribution is 6.23. The minimum Gasteiger partial charge on any atom is -0.494 e. The molecule has 3 aromatic rings. The Labute approximate surface area is 248 Å². The van der Waals surface area contributed by atoms with Gasteiger partial charge in [0.15, 0.2) is 11.6 Å². The van der Waals surface area contributed by atoms with Crippen molar-refractivity contribution < 1.29 is 41.0 Å². The van der Waals surface area contributed by atoms with E-state index >= 15 is 0 Å². The van der Waals surface area contributed by atoms with E-state index in [1.165, 1.54) is 36.4 Å². The molecule has 2 aromatic carbocycles. The summed E-state index contributed by atoms with van der Waals surface area (Å²) in [4.78, 5) is 31.2. The number of hydrogen-bond acceptors (Lipinski definition) is 7. The number of alkyl halides is 3. The number of hydrogen-bond donors (Lipinski definition) is 2. The first-order valence-electron chi connectivity index (χ1n) is 13.6. The molecule has 0 saturated carbocycles. The van der Waals surface area contributed by atoms with Crippen LogP contribution in [0.4, 0.5) is 22.0 Å². The van der Waals surface area contributed by atoms with E-state index in [0.29, 0.717) is 12.8 Å². The number of amides is 2. The number of fused-ring (bicyclic) bond motifs is 1. The summed E-state index contributed by atoms with van der Waals surface area (Å²) >= 11 is 0. The number of methoxy groups -OCH3 is 1. The van der Waals surface area contributed by atoms with E-state index in [1.54, 1.807) is 27.7 Å². The maximum absolute atomic E-state index is 14.9. The van der Waals surface area contributed by atoms with Crippen LogP contribution < -0.4 is 14.9 Å². The zero-order valence-corrected chi connectivity index (χ0v) is 24.4. The first-order chi connectivity index (χ1) is 20.6. The van der Waals surface area contributed by atoms with Crippen LogP contribution >= 0.6 is 0 Å². The van der Waals surface area contributed by atoms with Crippen LogP contribution in [0.2, 0.25) is 0 Å². The quantitative estimate of drug-likeness (QED) is 0.253. The molecule has 2 aliphatic heterocycles. The molecule has 234 valence electrons. The standard InChI is InChI=1S/C29H29F5N6O4/c1-27(2)22(37-38-25(27)41)14-8-10-16(19(31)18(14)30)44-13-7-6-12-40-26(42)28(3,4)23(39-40)15-9-11-17(43-5)21-20(15)35-24(36-21)29(32,33)34/h8-11H,6-7,12-13H2,1-5H3,(H,35,36)(H,38,41). The van der Waals surface area contributed by atoms with E-state index in [-0.39, 0.29) is 64.1 Å². The summed E-state index contributed by atoms with van der Waals surface area (Å²) in [6.07, 6.45) is -4.01. The Balaban J connectivity index is 1.26. The monoisotopic (exact) mass is 620 g/mol. The van der Waals surface area contributed by atoms with Crippen LogP contribution in [0.15, 0.2) is 34.5 Å². The zero-order valence-electron chi connectivity index (χ0n) is 24.4. The van der Waals surface area contributed by atoms with Crippen molar-refractivity contribution in [1.29, 1.82) is 0 Å². The summed E-state index contributed by atoms with van der Waals surface area (Å²) in [5.41, 5.74) is 0.388. The van der Waals surface area contributed by atoms with E-state index in [0.717, 1.165) is 0 Å². The van der Waals surface area contributed by atoms with Gasteiger partial charge in [-0.25, -0.2) is 19.8 Å². The fourth-order valence-corrected chi connectivity index (χ4v) is 5.08. The number of aromatic nitrogens is 2. The van der Waals surface area contributed by atoms with Gasteiger partial charge in [-0.3, -0.25) is 9.59 Å². The van der Waals surface area contributed by atoms with E-state index < -0.39 is 40.4 Å². The lowest BCUT2D eigenvalue weighted by atomic mass is 9.83. The summed E-state index contributed by atoms with van der Waals surface area (Å²) in [5, 5.41) is 9.52. The molecule has 5 rings (SSSR count). The molecule has 3 heterocycles. The molecule has 0 atom stereocenters. The number of H-pyrrole nitrogens is 1. The number of aromatic amines is 1. The Morgan fingerprint density at radius 1 is 0.909 bits per heavy atom. The number of hydrazone groups is 2. The van der Waals surface area contributed by atoms with Crippen LogP contribution in [0.25, 0.3) is 11.0 Å². The lowest BCUT2D eigenvalue weighted by Gasteiger charge is -2.20. The molecule has 2 N–H and O–H groups in total. The number of benzene rings is 2. The Morgan fingerprint density at radius 3 is 2.23 bits per heavy atom. The molecule has 0 spiro atoms. The zero-order chi connectivity index (χ0) is 32.2. The number of imidazole rings is 1. The molecule has 15 heteroatoms. The van der Waals surface area contributed by atoms with E-state index in [1.807, 2.05) is 0 Å². The number of halogens is 5. The lowest BCUT2D eigenvalue weighted by Crippen LogP contribution is -2.35. The Bertz CT molecular complexity index is 1730. The molecule has 2 amide bonds. The Morgan fingerprint density at radius 2 is 1.59 bits per heavy atom. The van der Waals surface area contributed by atoms with Crippen LogP contribution in [0, 0.1) is 22.5 Å². The molecule has 44 heavy (non-hydrogen) atoms. The third-order valence-corrected chi connectivity index (χ3v) is 7.68. The number of carbonyl (C=O) groups is 2. The number of rotatable bonds is 9. The van der Waals surface area contributed by atoms with Gasteiger partial charge in [-0.05, 0) is 64.8 Å². The summed E-state index contributed by atoms with van der Waals surface area (Å²) in [6.45, 7) is 6.48. The molecule has 0 aliphatic carbocycles. The molecule has 0 radical (unpaired) electrons. The minimum atomic E-state index is -4.73. The molecule has 10 nitrogen and oxygen atoms in total. The predicted octanol–water partition coefficient (Wildman–Crippen LogP) is 5.16. The predicted molar refractivity (Wildman–Crippen MR) is 149 cm³/mol. The number of nitrogens with one attached hydrogen (secondary N) is 2. The van der Waals surface area contributed by atoms with Gasteiger partial charge in [0.1, 0.15) is 16.8 Å². The molecule has 0 saturated heterocycles. The third-order valence-electron chi connectivity index (χ3n) is 7.68. The number of unbranched alkanes of at least 4 members (excludes halogenated alkanes) is 1. The van der Waals surface area contributed by atoms with Crippen LogP contribution in [0.5, 0.6) is 11.5 Å². The van der Waals surface area contributed by atoms with Gasteiger partial charge in [-0.2, -0.15) is 27.8 Å². The summed E-state index contributed by atoms with van der Waals surface area (Å²) < 4.78 is 80.5. The smallest absolute Gasteiger partial charge is 0.449 e. The van der Waals surface area contributed by atoms with Crippen LogP contribution in [0.3, 0.4) is 0 Å². The highest BCUT2D eigenvalue weighted by Gasteiger charge is 2.45. The summed E-state index contributed by atoms with van der Waals surface area (Å²) in [7, 11) is 1.32. The second-order valence-electron chi connectivity index (χ2n) is 11.4. The minimum absolute atomic E-state index is 0.00320. The molecular weight excluding hydrogens is 591 g/mol. The molecule has 0 fully saturated rings. The molecule has 1 aromatic heterocycles. The van der Waals surface area contributed by atoms with Gasteiger partial charge >= 0.3 is 6.18 Å². The van der Waals surface area contributed by atoms with Crippen LogP contribution in [0.1, 0.15) is 57.5 Å². The van der Waals surface area contributed by atoms with Crippen molar-refractivity contribution in [3.05, 3.63) is 52.9 Å². The molecule has 0 unspecified atom stereocenters. The normalized spacial score (nSPS) is 17.6. The molecule has 0 bridgehead atoms. The SMILES string of the molecule is COc1ccc(C2=NN(CCCCOc3ccc(C4=NNC(=O)C4(C)C)c(F)c3F)C(=O)C2(C)C)c2nc(C(F)(F)F)[nH]c12. The average molecular weight is 621 g/mol. The first kappa shape index (κ1) is 30.9. The van der Waals surface area contributed by atoms with Gasteiger partial charge in [0, 0.05) is 17.7 Å². The first-order valence-corrected chi connectivity index (χ1v) is 13.6. The fourth-order valence-electron chi connectivity index (χ4n) is 5.08. The van der Waals surface area contributed by atoms with Crippen molar-refractivity contribution in [1.82, 2.24) is 20.4 Å². The van der Waals surface area contributed by atoms with Crippen LogP contribution in [-0.2, 0) is 15.8 Å². The highest BCUT2D eigenvalue weighted by Crippen LogP contribution is 2.38. The van der Waals surface area contributed by atoms with Gasteiger partial charge in [-0.1, -0.05) is 0 Å². The maximum Gasteiger partial charge on any atom is 0.449 e. The summed E-state index contributed by atoms with van der Waals surface area (Å²) in [6, 6.07) is 5.54. The van der Waals surface area contributed by atoms with E-state index in [9.17, 15) is 31.5 Å². The van der Waals surface area contributed by atoms with Crippen molar-refractivity contribution in [2.24, 2.45) is 21.0 Å². The lowest BCUT2D eigenvalue weighted by molar-refractivity contribution is -0.144. The average Bonchev–Trinajstić information content (AvgIpc) is 3.59. The van der Waals surface area contributed by atoms with Gasteiger partial charge < -0.3 is 14.5 Å². The number of ether oxygens (including phenoxy) is 2. The second-order valence-corrected chi connectivity index (χ2v) is 11.4. The molecular formula is C29H29F5N6O4. The van der Waals surface area contributed by atoms with Gasteiger partial charge in [0.2, 0.25) is 11.6 Å². The van der Waals surface area contributed by atoms with E-state index in [4.69, 9.17) is 9.47 Å². The molecule has 2 aliphatic rings. The summed E-state index contributed by atoms with van der Waals surface area (Å²) in [5.74, 6) is -4.57. The van der Waals surface area contributed by atoms with Gasteiger partial charge in [-0.15, -0.1) is 0 Å². The highest BCUT2D eigenvalue weighted by atomic mass is 19.4. The number of carbonyl (C=O) groups excluding carboxylic acids is 2. The van der Waals surface area contributed by atoms with Crippen molar-refractivity contribution in [2.75, 3.05) is 20.3 Å². The van der Waals surface area contributed by atoms with Crippen molar-refractivity contribution >= 4 is 34.3 Å². The van der Waals surface area contributed by atoms with Gasteiger partial charge in [0.25, 0.3) is 11.8 Å². The topological polar surface area (TPSA) is 121 Å². The van der Waals surface area contributed by atoms with Crippen LogP contribution in [-0.4, -0.2) is 58.5 Å². The third kappa shape index (κ3) is 5.13. The maximum atomic E-state index is 14.9. The number of nitrogens with zero attached hydrogens (tertiary/aromatic N) is 4. The Kier molecular flexibility index (Phi) is 7.62. The van der Waals surface area contributed by atoms with Crippen molar-refractivity contribution in [2.45, 2.75) is 46.7 Å². The fraction of sp³-hybridized carbons (Fsp3) is 0.414. The van der Waals surface area contributed by atoms with Crippen molar-refractivity contribution in [3.8, 4) is 11.5 Å². The van der Waals surface area contributed by atoms with Gasteiger partial charge in [0.05, 0.1) is 36.0 Å². The largest absolute Gasteiger partial charge is 0.494 e. The Hall–Kier alpha value is -4.56. The van der Waals surface area contributed by atoms with E-state index in [2.05, 4.69) is 25.6 Å². The second kappa shape index (κ2) is 10.9.